The van der Waals surface area contributed by atoms with Crippen LogP contribution in [0.4, 0.5) is 0 Å². The molecule has 0 spiro atoms. The Morgan fingerprint density at radius 2 is 1.76 bits per heavy atom. The van der Waals surface area contributed by atoms with Crippen LogP contribution in [0.2, 0.25) is 0 Å². The molecule has 25 heavy (non-hydrogen) atoms. The Morgan fingerprint density at radius 3 is 2.36 bits per heavy atom. The van der Waals surface area contributed by atoms with Gasteiger partial charge in [0.05, 0.1) is 11.8 Å². The summed E-state index contributed by atoms with van der Waals surface area (Å²) in [5.41, 5.74) is 6.84. The highest BCUT2D eigenvalue weighted by molar-refractivity contribution is 5.83. The predicted octanol–water partition coefficient (Wildman–Crippen LogP) is 1.42. The fourth-order valence-electron chi connectivity index (χ4n) is 3.08. The fraction of sp³-hybridized carbons (Fsp3) is 0.368. The number of rotatable bonds is 6. The molecule has 0 radical (unpaired) electrons. The van der Waals surface area contributed by atoms with Gasteiger partial charge in [0.1, 0.15) is 0 Å². The number of hydrogen-bond donors (Lipinski definition) is 2. The van der Waals surface area contributed by atoms with Crippen molar-refractivity contribution in [1.82, 2.24) is 9.88 Å². The van der Waals surface area contributed by atoms with E-state index in [1.165, 1.54) is 0 Å². The van der Waals surface area contributed by atoms with E-state index >= 15 is 0 Å². The molecule has 2 amide bonds. The second-order valence-corrected chi connectivity index (χ2v) is 6.47. The number of primary amides is 1. The third kappa shape index (κ3) is 4.09. The molecule has 1 aliphatic rings. The standard InChI is InChI=1S/C19H23N3O3/c20-18(24)19(7-11-25-12-8-19)14-21-17(23)13-15-3-5-16(6-4-15)22-9-1-2-10-22/h1-6,9-10H,7-8,11-14H2,(H2,20,24)(H,21,23). The summed E-state index contributed by atoms with van der Waals surface area (Å²) < 4.78 is 7.30. The SMILES string of the molecule is NC(=O)C1(CNC(=O)Cc2ccc(-n3cccc3)cc2)CCOCC1. The van der Waals surface area contributed by atoms with Gasteiger partial charge in [0.15, 0.2) is 0 Å². The molecular formula is C19H23N3O3. The molecule has 3 N–H and O–H groups in total. The minimum absolute atomic E-state index is 0.110. The van der Waals surface area contributed by atoms with Gasteiger partial charge in [-0.15, -0.1) is 0 Å². The Bertz CT molecular complexity index is 717. The van der Waals surface area contributed by atoms with E-state index in [1.54, 1.807) is 0 Å². The number of nitrogens with zero attached hydrogens (tertiary/aromatic N) is 1. The van der Waals surface area contributed by atoms with Gasteiger partial charge in [0.2, 0.25) is 11.8 Å². The van der Waals surface area contributed by atoms with Gasteiger partial charge < -0.3 is 20.4 Å². The summed E-state index contributed by atoms with van der Waals surface area (Å²) in [6, 6.07) is 11.8. The average Bonchev–Trinajstić information content (AvgIpc) is 3.16. The highest BCUT2D eigenvalue weighted by atomic mass is 16.5. The zero-order chi connectivity index (χ0) is 17.7. The van der Waals surface area contributed by atoms with E-state index in [9.17, 15) is 9.59 Å². The van der Waals surface area contributed by atoms with Gasteiger partial charge >= 0.3 is 0 Å². The van der Waals surface area contributed by atoms with Crippen molar-refractivity contribution in [2.75, 3.05) is 19.8 Å². The van der Waals surface area contributed by atoms with Crippen LogP contribution in [0.5, 0.6) is 0 Å². The quantitative estimate of drug-likeness (QED) is 0.833. The summed E-state index contributed by atoms with van der Waals surface area (Å²) in [5.74, 6) is -0.479. The lowest BCUT2D eigenvalue weighted by molar-refractivity contribution is -0.133. The highest BCUT2D eigenvalue weighted by Gasteiger charge is 2.38. The largest absolute Gasteiger partial charge is 0.381 e. The Hall–Kier alpha value is -2.60. The van der Waals surface area contributed by atoms with E-state index in [1.807, 2.05) is 53.4 Å². The second kappa shape index (κ2) is 7.53. The van der Waals surface area contributed by atoms with E-state index < -0.39 is 5.41 Å². The van der Waals surface area contributed by atoms with Crippen molar-refractivity contribution in [2.24, 2.45) is 11.1 Å². The van der Waals surface area contributed by atoms with Crippen molar-refractivity contribution in [3.63, 3.8) is 0 Å². The van der Waals surface area contributed by atoms with Gasteiger partial charge in [-0.2, -0.15) is 0 Å². The number of ether oxygens (including phenoxy) is 1. The number of nitrogens with one attached hydrogen (secondary N) is 1. The third-order valence-electron chi connectivity index (χ3n) is 4.80. The molecule has 6 heteroatoms. The van der Waals surface area contributed by atoms with Crippen molar-refractivity contribution in [2.45, 2.75) is 19.3 Å². The second-order valence-electron chi connectivity index (χ2n) is 6.47. The average molecular weight is 341 g/mol. The molecule has 0 bridgehead atoms. The number of nitrogens with two attached hydrogens (primary N) is 1. The molecule has 132 valence electrons. The first-order chi connectivity index (χ1) is 12.1. The number of carbonyl (C=O) groups excluding carboxylic acids is 2. The lowest BCUT2D eigenvalue weighted by atomic mass is 9.79. The fourth-order valence-corrected chi connectivity index (χ4v) is 3.08. The van der Waals surface area contributed by atoms with Gasteiger partial charge in [-0.05, 0) is 42.7 Å². The number of hydrogen-bond acceptors (Lipinski definition) is 3. The molecule has 6 nitrogen and oxygen atoms in total. The maximum Gasteiger partial charge on any atom is 0.225 e. The van der Waals surface area contributed by atoms with E-state index in [0.29, 0.717) is 26.1 Å². The van der Waals surface area contributed by atoms with E-state index in [0.717, 1.165) is 11.3 Å². The smallest absolute Gasteiger partial charge is 0.225 e. The Kier molecular flexibility index (Phi) is 5.19. The summed E-state index contributed by atoms with van der Waals surface area (Å²) >= 11 is 0. The molecule has 1 fully saturated rings. The third-order valence-corrected chi connectivity index (χ3v) is 4.80. The van der Waals surface area contributed by atoms with Crippen LogP contribution >= 0.6 is 0 Å². The Balaban J connectivity index is 1.56. The van der Waals surface area contributed by atoms with Crippen LogP contribution in [0.25, 0.3) is 5.69 Å². The maximum absolute atomic E-state index is 12.2. The predicted molar refractivity (Wildman–Crippen MR) is 94.2 cm³/mol. The number of carbonyl (C=O) groups is 2. The summed E-state index contributed by atoms with van der Waals surface area (Å²) in [4.78, 5) is 24.0. The monoisotopic (exact) mass is 341 g/mol. The van der Waals surface area contributed by atoms with Crippen molar-refractivity contribution < 1.29 is 14.3 Å². The molecule has 2 aromatic rings. The molecular weight excluding hydrogens is 318 g/mol. The molecule has 2 heterocycles. The summed E-state index contributed by atoms with van der Waals surface area (Å²) in [6.07, 6.45) is 5.32. The van der Waals surface area contributed by atoms with Gasteiger partial charge in [0.25, 0.3) is 0 Å². The van der Waals surface area contributed by atoms with Gasteiger partial charge in [-0.25, -0.2) is 0 Å². The molecule has 3 rings (SSSR count). The molecule has 1 aliphatic heterocycles. The summed E-state index contributed by atoms with van der Waals surface area (Å²) in [6.45, 7) is 1.27. The Morgan fingerprint density at radius 1 is 1.12 bits per heavy atom. The van der Waals surface area contributed by atoms with Crippen molar-refractivity contribution >= 4 is 11.8 Å². The zero-order valence-electron chi connectivity index (χ0n) is 14.1. The van der Waals surface area contributed by atoms with E-state index in [-0.39, 0.29) is 24.8 Å². The summed E-state index contributed by atoms with van der Waals surface area (Å²) in [7, 11) is 0. The molecule has 0 unspecified atom stereocenters. The van der Waals surface area contributed by atoms with Gasteiger partial charge in [-0.1, -0.05) is 12.1 Å². The number of benzene rings is 1. The summed E-state index contributed by atoms with van der Waals surface area (Å²) in [5, 5.41) is 2.86. The van der Waals surface area contributed by atoms with E-state index in [4.69, 9.17) is 10.5 Å². The first-order valence-corrected chi connectivity index (χ1v) is 8.46. The first-order valence-electron chi connectivity index (χ1n) is 8.46. The minimum Gasteiger partial charge on any atom is -0.381 e. The van der Waals surface area contributed by atoms with Crippen LogP contribution < -0.4 is 11.1 Å². The molecule has 0 aliphatic carbocycles. The zero-order valence-corrected chi connectivity index (χ0v) is 14.1. The highest BCUT2D eigenvalue weighted by Crippen LogP contribution is 2.29. The van der Waals surface area contributed by atoms with Gasteiger partial charge in [0, 0.05) is 37.8 Å². The molecule has 1 aromatic heterocycles. The van der Waals surface area contributed by atoms with Crippen LogP contribution in [-0.4, -0.2) is 36.1 Å². The van der Waals surface area contributed by atoms with Crippen LogP contribution in [0.15, 0.2) is 48.8 Å². The normalized spacial score (nSPS) is 16.3. The topological polar surface area (TPSA) is 86.4 Å². The molecule has 1 aromatic carbocycles. The van der Waals surface area contributed by atoms with Crippen molar-refractivity contribution in [1.29, 1.82) is 0 Å². The number of amides is 2. The first kappa shape index (κ1) is 17.2. The lowest BCUT2D eigenvalue weighted by Gasteiger charge is -2.34. The van der Waals surface area contributed by atoms with Crippen LogP contribution in [-0.2, 0) is 20.7 Å². The van der Waals surface area contributed by atoms with Crippen molar-refractivity contribution in [3.8, 4) is 5.69 Å². The molecule has 0 atom stereocenters. The molecule has 1 saturated heterocycles. The number of aromatic nitrogens is 1. The van der Waals surface area contributed by atoms with E-state index in [2.05, 4.69) is 5.32 Å². The van der Waals surface area contributed by atoms with Gasteiger partial charge in [-0.3, -0.25) is 9.59 Å². The Labute approximate surface area is 147 Å². The van der Waals surface area contributed by atoms with Crippen LogP contribution in [0.3, 0.4) is 0 Å². The lowest BCUT2D eigenvalue weighted by Crippen LogP contribution is -2.49. The minimum atomic E-state index is -0.688. The van der Waals surface area contributed by atoms with Crippen LogP contribution in [0.1, 0.15) is 18.4 Å². The van der Waals surface area contributed by atoms with Crippen molar-refractivity contribution in [3.05, 3.63) is 54.4 Å². The van der Waals surface area contributed by atoms with Crippen LogP contribution in [0, 0.1) is 5.41 Å². The maximum atomic E-state index is 12.2. The molecule has 0 saturated carbocycles.